The van der Waals surface area contributed by atoms with Gasteiger partial charge in [0.1, 0.15) is 16.7 Å². The van der Waals surface area contributed by atoms with Crippen molar-refractivity contribution >= 4 is 15.9 Å². The number of carbonyl (C=O) groups excluding carboxylic acids is 1. The molecule has 1 N–H and O–H groups in total. The molecule has 0 saturated carbocycles. The quantitative estimate of drug-likeness (QED) is 0.756. The zero-order valence-corrected chi connectivity index (χ0v) is 17.2. The van der Waals surface area contributed by atoms with Crippen molar-refractivity contribution < 1.29 is 22.3 Å². The number of nitriles is 1. The summed E-state index contributed by atoms with van der Waals surface area (Å²) in [5.74, 6) is -0.705. The van der Waals surface area contributed by atoms with Gasteiger partial charge in [-0.1, -0.05) is 25.1 Å². The first-order chi connectivity index (χ1) is 12.3. The smallest absolute Gasteiger partial charge is 0.408 e. The van der Waals surface area contributed by atoms with Gasteiger partial charge < -0.3 is 10.1 Å². The van der Waals surface area contributed by atoms with Crippen molar-refractivity contribution in [2.24, 2.45) is 0 Å². The summed E-state index contributed by atoms with van der Waals surface area (Å²) >= 11 is 0. The second-order valence-electron chi connectivity index (χ2n) is 7.55. The summed E-state index contributed by atoms with van der Waals surface area (Å²) in [6, 6.07) is 7.72. The zero-order valence-electron chi connectivity index (χ0n) is 16.4. The van der Waals surface area contributed by atoms with Crippen molar-refractivity contribution in [1.29, 1.82) is 5.26 Å². The van der Waals surface area contributed by atoms with Crippen LogP contribution in [0, 0.1) is 17.1 Å². The minimum Gasteiger partial charge on any atom is -0.444 e. The number of sulfone groups is 1. The highest BCUT2D eigenvalue weighted by molar-refractivity contribution is 7.92. The molecule has 27 heavy (non-hydrogen) atoms. The number of rotatable bonds is 7. The van der Waals surface area contributed by atoms with E-state index in [0.717, 1.165) is 0 Å². The lowest BCUT2D eigenvalue weighted by Gasteiger charge is -2.33. The van der Waals surface area contributed by atoms with Gasteiger partial charge in [-0.25, -0.2) is 17.6 Å². The van der Waals surface area contributed by atoms with E-state index in [-0.39, 0.29) is 24.2 Å². The van der Waals surface area contributed by atoms with Crippen LogP contribution in [0.2, 0.25) is 0 Å². The van der Waals surface area contributed by atoms with E-state index < -0.39 is 38.1 Å². The Labute approximate surface area is 160 Å². The van der Waals surface area contributed by atoms with Crippen LogP contribution in [0.1, 0.15) is 53.0 Å². The molecular weight excluding hydrogens is 371 g/mol. The van der Waals surface area contributed by atoms with E-state index >= 15 is 0 Å². The minimum atomic E-state index is -3.58. The average Bonchev–Trinajstić information content (AvgIpc) is 2.53. The molecule has 0 heterocycles. The molecule has 6 nitrogen and oxygen atoms in total. The molecule has 8 heteroatoms. The number of hydrogen-bond acceptors (Lipinski definition) is 5. The second kappa shape index (κ2) is 8.70. The molecule has 1 amide bonds. The molecule has 1 rings (SSSR count). The van der Waals surface area contributed by atoms with E-state index in [1.54, 1.807) is 39.8 Å². The van der Waals surface area contributed by atoms with Crippen molar-refractivity contribution in [3.63, 3.8) is 0 Å². The highest BCUT2D eigenvalue weighted by atomic mass is 32.2. The number of carbonyl (C=O) groups is 1. The van der Waals surface area contributed by atoms with Gasteiger partial charge in [0.25, 0.3) is 0 Å². The molecule has 1 aromatic carbocycles. The number of nitrogens with one attached hydrogen (secondary N) is 1. The molecule has 0 radical (unpaired) electrons. The Balaban J connectivity index is 3.18. The number of nitrogens with zero attached hydrogens (tertiary/aromatic N) is 1. The summed E-state index contributed by atoms with van der Waals surface area (Å²) < 4.78 is 43.8. The van der Waals surface area contributed by atoms with Crippen LogP contribution in [-0.4, -0.2) is 31.1 Å². The molecule has 1 unspecified atom stereocenters. The first-order valence-corrected chi connectivity index (χ1v) is 10.4. The Kier molecular flexibility index (Phi) is 7.38. The summed E-state index contributed by atoms with van der Waals surface area (Å²) in [6.07, 6.45) is -0.752. The SMILES string of the molecule is CCS(=O)(=O)C(C#N)CC[C@](C)(NC(=O)OC(C)(C)C)c1ccccc1F. The fraction of sp³-hybridized carbons (Fsp3) is 0.579. The number of halogens is 1. The molecule has 0 bridgehead atoms. The van der Waals surface area contributed by atoms with E-state index in [9.17, 15) is 22.9 Å². The van der Waals surface area contributed by atoms with Gasteiger partial charge in [-0.05, 0) is 46.6 Å². The highest BCUT2D eigenvalue weighted by Crippen LogP contribution is 2.30. The molecule has 0 spiro atoms. The normalized spacial score (nSPS) is 15.3. The maximum atomic E-state index is 14.4. The fourth-order valence-corrected chi connectivity index (χ4v) is 3.69. The summed E-state index contributed by atoms with van der Waals surface area (Å²) in [4.78, 5) is 12.3. The molecular formula is C19H27FN2O4S. The van der Waals surface area contributed by atoms with Crippen LogP contribution in [0.3, 0.4) is 0 Å². The number of alkyl carbamates (subject to hydrolysis) is 1. The largest absolute Gasteiger partial charge is 0.444 e. The van der Waals surface area contributed by atoms with E-state index in [1.807, 2.05) is 0 Å². The van der Waals surface area contributed by atoms with Crippen molar-refractivity contribution in [2.45, 2.75) is 63.9 Å². The number of ether oxygens (including phenoxy) is 1. The summed E-state index contributed by atoms with van der Waals surface area (Å²) in [5, 5.41) is 10.7. The monoisotopic (exact) mass is 398 g/mol. The number of benzene rings is 1. The Morgan fingerprint density at radius 2 is 1.89 bits per heavy atom. The summed E-state index contributed by atoms with van der Waals surface area (Å²) in [5.41, 5.74) is -1.80. The zero-order chi connectivity index (χ0) is 20.9. The lowest BCUT2D eigenvalue weighted by Crippen LogP contribution is -2.47. The van der Waals surface area contributed by atoms with Gasteiger partial charge in [0.2, 0.25) is 0 Å². The molecule has 0 aliphatic heterocycles. The van der Waals surface area contributed by atoms with Crippen LogP contribution >= 0.6 is 0 Å². The topological polar surface area (TPSA) is 96.3 Å². The van der Waals surface area contributed by atoms with Crippen LogP contribution in [0.4, 0.5) is 9.18 Å². The molecule has 0 aliphatic carbocycles. The van der Waals surface area contributed by atoms with Crippen LogP contribution in [0.15, 0.2) is 24.3 Å². The lowest BCUT2D eigenvalue weighted by molar-refractivity contribution is 0.0453. The van der Waals surface area contributed by atoms with Gasteiger partial charge in [-0.2, -0.15) is 5.26 Å². The van der Waals surface area contributed by atoms with Gasteiger partial charge in [-0.15, -0.1) is 0 Å². The van der Waals surface area contributed by atoms with Gasteiger partial charge in [0.15, 0.2) is 9.84 Å². The molecule has 0 fully saturated rings. The van der Waals surface area contributed by atoms with Crippen LogP contribution < -0.4 is 5.32 Å². The van der Waals surface area contributed by atoms with Crippen LogP contribution in [0.5, 0.6) is 0 Å². The van der Waals surface area contributed by atoms with Crippen LogP contribution in [-0.2, 0) is 20.1 Å². The first kappa shape index (κ1) is 22.9. The predicted molar refractivity (Wildman–Crippen MR) is 101 cm³/mol. The van der Waals surface area contributed by atoms with Gasteiger partial charge >= 0.3 is 6.09 Å². The number of amides is 1. The van der Waals surface area contributed by atoms with Gasteiger partial charge in [-0.3, -0.25) is 0 Å². The third-order valence-corrected chi connectivity index (χ3v) is 6.14. The molecule has 0 aromatic heterocycles. The fourth-order valence-electron chi connectivity index (χ4n) is 2.65. The predicted octanol–water partition coefficient (Wildman–Crippen LogP) is 3.67. The van der Waals surface area contributed by atoms with E-state index in [1.165, 1.54) is 25.1 Å². The third-order valence-electron chi connectivity index (χ3n) is 4.13. The Morgan fingerprint density at radius 1 is 1.30 bits per heavy atom. The maximum absolute atomic E-state index is 14.4. The van der Waals surface area contributed by atoms with Crippen molar-refractivity contribution in [3.05, 3.63) is 35.6 Å². The average molecular weight is 399 g/mol. The minimum absolute atomic E-state index is 0.0463. The number of hydrogen-bond donors (Lipinski definition) is 1. The van der Waals surface area contributed by atoms with E-state index in [4.69, 9.17) is 4.74 Å². The molecule has 150 valence electrons. The highest BCUT2D eigenvalue weighted by Gasteiger charge is 2.35. The molecule has 1 aromatic rings. The van der Waals surface area contributed by atoms with E-state index in [0.29, 0.717) is 0 Å². The first-order valence-electron chi connectivity index (χ1n) is 8.72. The van der Waals surface area contributed by atoms with Crippen molar-refractivity contribution in [3.8, 4) is 6.07 Å². The van der Waals surface area contributed by atoms with Gasteiger partial charge in [0.05, 0.1) is 11.6 Å². The second-order valence-corrected chi connectivity index (χ2v) is 10.0. The van der Waals surface area contributed by atoms with Crippen molar-refractivity contribution in [2.75, 3.05) is 5.75 Å². The van der Waals surface area contributed by atoms with Crippen LogP contribution in [0.25, 0.3) is 0 Å². The Bertz CT molecular complexity index is 812. The Hall–Kier alpha value is -2.14. The third kappa shape index (κ3) is 6.51. The Morgan fingerprint density at radius 3 is 2.37 bits per heavy atom. The molecule has 2 atom stereocenters. The van der Waals surface area contributed by atoms with E-state index in [2.05, 4.69) is 5.32 Å². The van der Waals surface area contributed by atoms with Gasteiger partial charge in [0, 0.05) is 11.3 Å². The standard InChI is InChI=1S/C19H27FN2O4S/c1-6-27(24,25)14(13-21)11-12-19(5,15-9-7-8-10-16(15)20)22-17(23)26-18(2,3)4/h7-10,14H,6,11-12H2,1-5H3,(H,22,23)/t14?,19-/m0/s1. The van der Waals surface area contributed by atoms with Crippen molar-refractivity contribution in [1.82, 2.24) is 5.32 Å². The molecule has 0 aliphatic rings. The molecule has 0 saturated heterocycles. The summed E-state index contributed by atoms with van der Waals surface area (Å²) in [6.45, 7) is 8.16. The lowest BCUT2D eigenvalue weighted by atomic mass is 9.86. The maximum Gasteiger partial charge on any atom is 0.408 e. The summed E-state index contributed by atoms with van der Waals surface area (Å²) in [7, 11) is -3.58.